The molecule has 0 saturated heterocycles. The molecule has 0 saturated carbocycles. The van der Waals surface area contributed by atoms with Gasteiger partial charge >= 0.3 is 5.97 Å². The summed E-state index contributed by atoms with van der Waals surface area (Å²) in [6, 6.07) is 4.36. The second kappa shape index (κ2) is 6.23. The minimum atomic E-state index is -0.249. The molecular formula is C17H26O2. The van der Waals surface area contributed by atoms with E-state index >= 15 is 0 Å². The topological polar surface area (TPSA) is 26.3 Å². The SMILES string of the molecule is CC(=O)Oc1c(C(C)C)cc(C(C)C)cc1C(C)C. The van der Waals surface area contributed by atoms with Gasteiger partial charge in [-0.2, -0.15) is 0 Å². The summed E-state index contributed by atoms with van der Waals surface area (Å²) in [7, 11) is 0. The van der Waals surface area contributed by atoms with Crippen molar-refractivity contribution in [2.45, 2.75) is 66.2 Å². The molecule has 1 rings (SSSR count). The fourth-order valence-electron chi connectivity index (χ4n) is 2.15. The van der Waals surface area contributed by atoms with Crippen molar-refractivity contribution in [3.05, 3.63) is 28.8 Å². The standard InChI is InChI=1S/C17H26O2/c1-10(2)14-8-15(11(3)4)17(19-13(7)18)16(9-14)12(5)6/h8-12H,1-7H3. The molecule has 106 valence electrons. The molecule has 0 heterocycles. The maximum absolute atomic E-state index is 11.4. The van der Waals surface area contributed by atoms with Gasteiger partial charge in [-0.05, 0) is 34.4 Å². The molecule has 0 aliphatic rings. The Morgan fingerprint density at radius 1 is 0.895 bits per heavy atom. The summed E-state index contributed by atoms with van der Waals surface area (Å²) in [6.45, 7) is 14.4. The van der Waals surface area contributed by atoms with Gasteiger partial charge in [0, 0.05) is 6.92 Å². The number of hydrogen-bond donors (Lipinski definition) is 0. The second-order valence-corrected chi connectivity index (χ2v) is 6.09. The van der Waals surface area contributed by atoms with Crippen LogP contribution >= 0.6 is 0 Å². The lowest BCUT2D eigenvalue weighted by Crippen LogP contribution is -2.09. The third-order valence-corrected chi connectivity index (χ3v) is 3.33. The van der Waals surface area contributed by atoms with Crippen molar-refractivity contribution in [1.29, 1.82) is 0 Å². The van der Waals surface area contributed by atoms with Crippen LogP contribution < -0.4 is 4.74 Å². The van der Waals surface area contributed by atoms with Gasteiger partial charge in [-0.15, -0.1) is 0 Å². The first-order valence-corrected chi connectivity index (χ1v) is 7.10. The Kier molecular flexibility index (Phi) is 5.16. The fourth-order valence-corrected chi connectivity index (χ4v) is 2.15. The third kappa shape index (κ3) is 3.82. The van der Waals surface area contributed by atoms with Crippen LogP contribution in [0.3, 0.4) is 0 Å². The van der Waals surface area contributed by atoms with Crippen LogP contribution in [0.1, 0.15) is 82.9 Å². The van der Waals surface area contributed by atoms with Gasteiger partial charge in [-0.1, -0.05) is 53.7 Å². The highest BCUT2D eigenvalue weighted by molar-refractivity contribution is 5.71. The molecule has 0 bridgehead atoms. The molecule has 0 amide bonds. The van der Waals surface area contributed by atoms with Crippen LogP contribution in [0.2, 0.25) is 0 Å². The van der Waals surface area contributed by atoms with E-state index < -0.39 is 0 Å². The van der Waals surface area contributed by atoms with Gasteiger partial charge in [0.1, 0.15) is 5.75 Å². The number of carbonyl (C=O) groups is 1. The maximum Gasteiger partial charge on any atom is 0.308 e. The van der Waals surface area contributed by atoms with Crippen LogP contribution in [0.15, 0.2) is 12.1 Å². The van der Waals surface area contributed by atoms with Gasteiger partial charge in [0.25, 0.3) is 0 Å². The molecule has 0 spiro atoms. The zero-order valence-electron chi connectivity index (χ0n) is 13.2. The van der Waals surface area contributed by atoms with Crippen LogP contribution in [0, 0.1) is 0 Å². The third-order valence-electron chi connectivity index (χ3n) is 3.33. The fraction of sp³-hybridized carbons (Fsp3) is 0.588. The lowest BCUT2D eigenvalue weighted by molar-refractivity contribution is -0.132. The second-order valence-electron chi connectivity index (χ2n) is 6.09. The first-order chi connectivity index (χ1) is 8.73. The lowest BCUT2D eigenvalue weighted by atomic mass is 9.88. The Labute approximate surface area is 117 Å². The van der Waals surface area contributed by atoms with E-state index in [2.05, 4.69) is 53.7 Å². The van der Waals surface area contributed by atoms with Crippen molar-refractivity contribution < 1.29 is 9.53 Å². The highest BCUT2D eigenvalue weighted by atomic mass is 16.5. The Balaban J connectivity index is 3.50. The molecule has 0 aromatic heterocycles. The van der Waals surface area contributed by atoms with E-state index in [9.17, 15) is 4.79 Å². The maximum atomic E-state index is 11.4. The number of ether oxygens (including phenoxy) is 1. The zero-order chi connectivity index (χ0) is 14.7. The number of esters is 1. The summed E-state index contributed by atoms with van der Waals surface area (Å²) >= 11 is 0. The molecule has 0 atom stereocenters. The highest BCUT2D eigenvalue weighted by Crippen LogP contribution is 2.37. The van der Waals surface area contributed by atoms with Gasteiger partial charge in [0.2, 0.25) is 0 Å². The predicted molar refractivity (Wildman–Crippen MR) is 80.0 cm³/mol. The predicted octanol–water partition coefficient (Wildman–Crippen LogP) is 4.98. The molecule has 0 aliphatic carbocycles. The van der Waals surface area contributed by atoms with Crippen molar-refractivity contribution >= 4 is 5.97 Å². The largest absolute Gasteiger partial charge is 0.426 e. The van der Waals surface area contributed by atoms with E-state index in [1.807, 2.05) is 0 Å². The van der Waals surface area contributed by atoms with Crippen LogP contribution in [0.5, 0.6) is 5.75 Å². The first kappa shape index (κ1) is 15.7. The molecule has 0 unspecified atom stereocenters. The van der Waals surface area contributed by atoms with Crippen LogP contribution in [-0.4, -0.2) is 5.97 Å². The lowest BCUT2D eigenvalue weighted by Gasteiger charge is -2.21. The Bertz CT molecular complexity index is 427. The summed E-state index contributed by atoms with van der Waals surface area (Å²) in [5.41, 5.74) is 3.57. The van der Waals surface area contributed by atoms with E-state index in [4.69, 9.17) is 4.74 Å². The molecule has 19 heavy (non-hydrogen) atoms. The summed E-state index contributed by atoms with van der Waals surface area (Å²) in [5, 5.41) is 0. The summed E-state index contributed by atoms with van der Waals surface area (Å²) < 4.78 is 5.49. The Morgan fingerprint density at radius 3 is 1.58 bits per heavy atom. The first-order valence-electron chi connectivity index (χ1n) is 7.10. The van der Waals surface area contributed by atoms with Gasteiger partial charge in [0.05, 0.1) is 0 Å². The molecule has 0 fully saturated rings. The molecule has 0 aliphatic heterocycles. The van der Waals surface area contributed by atoms with Crippen molar-refractivity contribution in [3.8, 4) is 5.75 Å². The average Bonchev–Trinajstić information content (AvgIpc) is 2.27. The number of carbonyl (C=O) groups excluding carboxylic acids is 1. The monoisotopic (exact) mass is 262 g/mol. The van der Waals surface area contributed by atoms with E-state index in [1.54, 1.807) is 0 Å². The van der Waals surface area contributed by atoms with Gasteiger partial charge in [-0.3, -0.25) is 4.79 Å². The molecule has 1 aromatic rings. The van der Waals surface area contributed by atoms with E-state index in [1.165, 1.54) is 12.5 Å². The zero-order valence-corrected chi connectivity index (χ0v) is 13.2. The van der Waals surface area contributed by atoms with Crippen molar-refractivity contribution in [3.63, 3.8) is 0 Å². The smallest absolute Gasteiger partial charge is 0.308 e. The Morgan fingerprint density at radius 2 is 1.32 bits per heavy atom. The minimum absolute atomic E-state index is 0.249. The average molecular weight is 262 g/mol. The van der Waals surface area contributed by atoms with Crippen molar-refractivity contribution in [2.24, 2.45) is 0 Å². The minimum Gasteiger partial charge on any atom is -0.426 e. The summed E-state index contributed by atoms with van der Waals surface area (Å²) in [6.07, 6.45) is 0. The molecule has 0 radical (unpaired) electrons. The van der Waals surface area contributed by atoms with Crippen LogP contribution in [-0.2, 0) is 4.79 Å². The van der Waals surface area contributed by atoms with Gasteiger partial charge in [0.15, 0.2) is 0 Å². The summed E-state index contributed by atoms with van der Waals surface area (Å²) in [4.78, 5) is 11.4. The quantitative estimate of drug-likeness (QED) is 0.565. The number of benzene rings is 1. The Hall–Kier alpha value is -1.31. The highest BCUT2D eigenvalue weighted by Gasteiger charge is 2.19. The summed E-state index contributed by atoms with van der Waals surface area (Å²) in [5.74, 6) is 1.67. The number of rotatable bonds is 4. The van der Waals surface area contributed by atoms with Crippen LogP contribution in [0.25, 0.3) is 0 Å². The van der Waals surface area contributed by atoms with Crippen LogP contribution in [0.4, 0.5) is 0 Å². The molecule has 2 heteroatoms. The van der Waals surface area contributed by atoms with E-state index in [-0.39, 0.29) is 5.97 Å². The molecule has 0 N–H and O–H groups in total. The van der Waals surface area contributed by atoms with E-state index in [0.29, 0.717) is 17.8 Å². The molecule has 1 aromatic carbocycles. The normalized spacial score (nSPS) is 11.5. The molecular weight excluding hydrogens is 236 g/mol. The molecule has 2 nitrogen and oxygen atoms in total. The van der Waals surface area contributed by atoms with E-state index in [0.717, 1.165) is 16.9 Å². The number of hydrogen-bond acceptors (Lipinski definition) is 2. The van der Waals surface area contributed by atoms with Crippen molar-refractivity contribution in [2.75, 3.05) is 0 Å². The van der Waals surface area contributed by atoms with Crippen molar-refractivity contribution in [1.82, 2.24) is 0 Å². The van der Waals surface area contributed by atoms with Gasteiger partial charge in [-0.25, -0.2) is 0 Å². The van der Waals surface area contributed by atoms with Gasteiger partial charge < -0.3 is 4.74 Å².